The first-order valence-corrected chi connectivity index (χ1v) is 10.1. The van der Waals surface area contributed by atoms with E-state index in [1.165, 1.54) is 66.4 Å². The lowest BCUT2D eigenvalue weighted by molar-refractivity contribution is 0.0712. The predicted molar refractivity (Wildman–Crippen MR) is 101 cm³/mol. The number of anilines is 2. The van der Waals surface area contributed by atoms with E-state index in [0.717, 1.165) is 6.04 Å². The third-order valence-electron chi connectivity index (χ3n) is 5.82. The van der Waals surface area contributed by atoms with Crippen molar-refractivity contribution < 1.29 is 0 Å². The van der Waals surface area contributed by atoms with Gasteiger partial charge in [0.25, 0.3) is 0 Å². The van der Waals surface area contributed by atoms with Gasteiger partial charge in [0.05, 0.1) is 17.4 Å². The molecule has 3 aliphatic rings. The van der Waals surface area contributed by atoms with Crippen molar-refractivity contribution in [1.29, 1.82) is 0 Å². The average molecular weight is 337 g/mol. The number of hydrogen-bond acceptors (Lipinski definition) is 3. The SMILES string of the molecule is c1ccc2c(c1)Sc1ccccc1N2C1CN(C2CCCCC2)C1. The molecule has 24 heavy (non-hydrogen) atoms. The van der Waals surface area contributed by atoms with Crippen LogP contribution >= 0.6 is 11.8 Å². The van der Waals surface area contributed by atoms with Gasteiger partial charge >= 0.3 is 0 Å². The molecule has 2 heterocycles. The van der Waals surface area contributed by atoms with E-state index in [9.17, 15) is 0 Å². The molecule has 2 aromatic carbocycles. The summed E-state index contributed by atoms with van der Waals surface area (Å²) in [6.07, 6.45) is 7.12. The van der Waals surface area contributed by atoms with E-state index in [2.05, 4.69) is 58.3 Å². The number of benzene rings is 2. The average Bonchev–Trinajstić information content (AvgIpc) is 2.61. The molecule has 2 aromatic rings. The summed E-state index contributed by atoms with van der Waals surface area (Å²) < 4.78 is 0. The third kappa shape index (κ3) is 2.46. The molecular formula is C21H24N2S. The molecule has 0 radical (unpaired) electrons. The van der Waals surface area contributed by atoms with E-state index in [-0.39, 0.29) is 0 Å². The molecule has 3 heteroatoms. The van der Waals surface area contributed by atoms with Crippen LogP contribution in [0, 0.1) is 0 Å². The second-order valence-electron chi connectivity index (χ2n) is 7.31. The zero-order valence-electron chi connectivity index (χ0n) is 14.0. The van der Waals surface area contributed by atoms with Crippen molar-refractivity contribution >= 4 is 23.1 Å². The van der Waals surface area contributed by atoms with E-state index in [1.807, 2.05) is 11.8 Å². The summed E-state index contributed by atoms with van der Waals surface area (Å²) in [7, 11) is 0. The highest BCUT2D eigenvalue weighted by atomic mass is 32.2. The topological polar surface area (TPSA) is 6.48 Å². The van der Waals surface area contributed by atoms with Crippen molar-refractivity contribution in [2.45, 2.75) is 54.0 Å². The summed E-state index contributed by atoms with van der Waals surface area (Å²) in [5, 5.41) is 0. The number of para-hydroxylation sites is 2. The number of rotatable bonds is 2. The Kier molecular flexibility index (Phi) is 3.79. The molecule has 1 saturated carbocycles. The van der Waals surface area contributed by atoms with E-state index < -0.39 is 0 Å². The summed E-state index contributed by atoms with van der Waals surface area (Å²) >= 11 is 1.91. The number of likely N-dealkylation sites (tertiary alicyclic amines) is 1. The highest BCUT2D eigenvalue weighted by Gasteiger charge is 2.39. The van der Waals surface area contributed by atoms with Gasteiger partial charge in [-0.25, -0.2) is 0 Å². The molecule has 0 amide bonds. The van der Waals surface area contributed by atoms with Crippen LogP contribution in [-0.4, -0.2) is 30.1 Å². The molecule has 0 bridgehead atoms. The van der Waals surface area contributed by atoms with Crippen molar-refractivity contribution in [3.63, 3.8) is 0 Å². The van der Waals surface area contributed by atoms with Gasteiger partial charge in [-0.1, -0.05) is 55.3 Å². The Labute approximate surface area is 148 Å². The molecule has 124 valence electrons. The van der Waals surface area contributed by atoms with E-state index in [0.29, 0.717) is 6.04 Å². The van der Waals surface area contributed by atoms with Crippen LogP contribution in [0.25, 0.3) is 0 Å². The maximum absolute atomic E-state index is 2.73. The summed E-state index contributed by atoms with van der Waals surface area (Å²) in [6, 6.07) is 19.3. The molecule has 5 rings (SSSR count). The van der Waals surface area contributed by atoms with Gasteiger partial charge in [-0.15, -0.1) is 0 Å². The Morgan fingerprint density at radius 2 is 1.29 bits per heavy atom. The molecule has 1 aliphatic carbocycles. The highest BCUT2D eigenvalue weighted by Crippen LogP contribution is 2.49. The monoisotopic (exact) mass is 336 g/mol. The third-order valence-corrected chi connectivity index (χ3v) is 6.95. The fourth-order valence-electron chi connectivity index (χ4n) is 4.52. The van der Waals surface area contributed by atoms with E-state index >= 15 is 0 Å². The molecule has 0 spiro atoms. The zero-order chi connectivity index (χ0) is 15.9. The molecule has 0 aromatic heterocycles. The minimum atomic E-state index is 0.620. The van der Waals surface area contributed by atoms with Crippen LogP contribution in [0.5, 0.6) is 0 Å². The quantitative estimate of drug-likeness (QED) is 0.734. The highest BCUT2D eigenvalue weighted by molar-refractivity contribution is 7.99. The summed E-state index contributed by atoms with van der Waals surface area (Å²) in [6.45, 7) is 2.44. The molecule has 0 N–H and O–H groups in total. The molecule has 0 atom stereocenters. The lowest BCUT2D eigenvalue weighted by Gasteiger charge is -2.51. The summed E-state index contributed by atoms with van der Waals surface area (Å²) in [5.41, 5.74) is 2.80. The maximum Gasteiger partial charge on any atom is 0.0597 e. The van der Waals surface area contributed by atoms with Gasteiger partial charge in [-0.05, 0) is 37.1 Å². The van der Waals surface area contributed by atoms with E-state index in [4.69, 9.17) is 0 Å². The first-order valence-electron chi connectivity index (χ1n) is 9.29. The molecular weight excluding hydrogens is 312 g/mol. The Morgan fingerprint density at radius 3 is 1.92 bits per heavy atom. The van der Waals surface area contributed by atoms with Crippen molar-refractivity contribution in [3.05, 3.63) is 48.5 Å². The summed E-state index contributed by atoms with van der Waals surface area (Å²) in [4.78, 5) is 8.14. The smallest absolute Gasteiger partial charge is 0.0597 e. The van der Waals surface area contributed by atoms with Crippen LogP contribution in [0.3, 0.4) is 0 Å². The van der Waals surface area contributed by atoms with Gasteiger partial charge in [0, 0.05) is 28.9 Å². The Morgan fingerprint density at radius 1 is 0.708 bits per heavy atom. The van der Waals surface area contributed by atoms with Gasteiger partial charge in [-0.3, -0.25) is 4.90 Å². The van der Waals surface area contributed by atoms with Gasteiger partial charge < -0.3 is 4.90 Å². The minimum Gasteiger partial charge on any atom is -0.334 e. The first-order chi connectivity index (χ1) is 11.9. The lowest BCUT2D eigenvalue weighted by Crippen LogP contribution is -2.61. The van der Waals surface area contributed by atoms with Crippen LogP contribution in [0.15, 0.2) is 58.3 Å². The second kappa shape index (κ2) is 6.12. The Hall–Kier alpha value is -1.45. The lowest BCUT2D eigenvalue weighted by atomic mass is 9.90. The fraction of sp³-hybridized carbons (Fsp3) is 0.429. The van der Waals surface area contributed by atoms with Crippen LogP contribution in [-0.2, 0) is 0 Å². The van der Waals surface area contributed by atoms with Gasteiger partial charge in [-0.2, -0.15) is 0 Å². The van der Waals surface area contributed by atoms with Crippen molar-refractivity contribution in [2.75, 3.05) is 18.0 Å². The van der Waals surface area contributed by atoms with Crippen molar-refractivity contribution in [2.24, 2.45) is 0 Å². The fourth-order valence-corrected chi connectivity index (χ4v) is 5.59. The van der Waals surface area contributed by atoms with Gasteiger partial charge in [0.2, 0.25) is 0 Å². The maximum atomic E-state index is 2.73. The van der Waals surface area contributed by atoms with Crippen LogP contribution in [0.4, 0.5) is 11.4 Å². The van der Waals surface area contributed by atoms with Gasteiger partial charge in [0.15, 0.2) is 0 Å². The Balaban J connectivity index is 1.42. The molecule has 2 nitrogen and oxygen atoms in total. The molecule has 2 fully saturated rings. The second-order valence-corrected chi connectivity index (χ2v) is 8.39. The molecule has 0 unspecified atom stereocenters. The standard InChI is InChI=1S/C21H24N2S/c1-2-8-16(9-3-1)22-14-17(15-22)23-18-10-4-6-12-20(18)24-21-13-7-5-11-19(21)23/h4-7,10-13,16-17H,1-3,8-9,14-15H2. The first kappa shape index (κ1) is 14.9. The molecule has 2 aliphatic heterocycles. The van der Waals surface area contributed by atoms with Crippen LogP contribution in [0.2, 0.25) is 0 Å². The van der Waals surface area contributed by atoms with Crippen molar-refractivity contribution in [3.8, 4) is 0 Å². The number of nitrogens with zero attached hydrogens (tertiary/aromatic N) is 2. The minimum absolute atomic E-state index is 0.620. The Bertz CT molecular complexity index is 687. The number of fused-ring (bicyclic) bond motifs is 2. The number of hydrogen-bond donors (Lipinski definition) is 0. The summed E-state index contributed by atoms with van der Waals surface area (Å²) in [5.74, 6) is 0. The normalized spacial score (nSPS) is 21.9. The molecule has 1 saturated heterocycles. The van der Waals surface area contributed by atoms with Gasteiger partial charge in [0.1, 0.15) is 0 Å². The van der Waals surface area contributed by atoms with Crippen molar-refractivity contribution in [1.82, 2.24) is 4.90 Å². The largest absolute Gasteiger partial charge is 0.334 e. The zero-order valence-corrected chi connectivity index (χ0v) is 14.8. The van der Waals surface area contributed by atoms with E-state index in [1.54, 1.807) is 0 Å². The predicted octanol–water partition coefficient (Wildman–Crippen LogP) is 5.31. The van der Waals surface area contributed by atoms with Crippen LogP contribution < -0.4 is 4.90 Å². The van der Waals surface area contributed by atoms with Crippen LogP contribution in [0.1, 0.15) is 32.1 Å².